The van der Waals surface area contributed by atoms with Crippen molar-refractivity contribution >= 4 is 22.6 Å². The zero-order chi connectivity index (χ0) is 10.7. The zero-order valence-corrected chi connectivity index (χ0v) is 10.9. The van der Waals surface area contributed by atoms with Crippen molar-refractivity contribution < 1.29 is 5.11 Å². The molecule has 0 saturated carbocycles. The Morgan fingerprint density at radius 2 is 2.07 bits per heavy atom. The summed E-state index contributed by atoms with van der Waals surface area (Å²) >= 11 is 2.33. The second-order valence-electron chi connectivity index (χ2n) is 3.97. The third kappa shape index (κ3) is 2.71. The van der Waals surface area contributed by atoms with Gasteiger partial charge >= 0.3 is 0 Å². The van der Waals surface area contributed by atoms with Gasteiger partial charge in [-0.1, -0.05) is 12.1 Å². The molecule has 2 nitrogen and oxygen atoms in total. The molecule has 3 heteroatoms. The average molecular weight is 317 g/mol. The Hall–Kier alpha value is -0.130. The molecule has 1 aromatic carbocycles. The summed E-state index contributed by atoms with van der Waals surface area (Å²) in [5, 5.41) is 8.99. The largest absolute Gasteiger partial charge is 0.395 e. The Morgan fingerprint density at radius 1 is 1.33 bits per heavy atom. The van der Waals surface area contributed by atoms with E-state index in [1.165, 1.54) is 22.0 Å². The molecule has 0 aromatic heterocycles. The van der Waals surface area contributed by atoms with E-state index in [-0.39, 0.29) is 6.61 Å². The van der Waals surface area contributed by atoms with Crippen LogP contribution in [0.4, 0.5) is 0 Å². The van der Waals surface area contributed by atoms with Crippen LogP contribution in [0.5, 0.6) is 0 Å². The van der Waals surface area contributed by atoms with E-state index < -0.39 is 0 Å². The predicted molar refractivity (Wildman–Crippen MR) is 69.8 cm³/mol. The summed E-state index contributed by atoms with van der Waals surface area (Å²) in [7, 11) is 0. The third-order valence-corrected chi connectivity index (χ3v) is 3.72. The topological polar surface area (TPSA) is 23.5 Å². The maximum atomic E-state index is 8.99. The van der Waals surface area contributed by atoms with Crippen LogP contribution >= 0.6 is 22.6 Å². The number of nitrogens with zero attached hydrogens (tertiary/aromatic N) is 1. The van der Waals surface area contributed by atoms with Gasteiger partial charge in [-0.2, -0.15) is 0 Å². The first-order valence-electron chi connectivity index (χ1n) is 5.41. The lowest BCUT2D eigenvalue weighted by molar-refractivity contribution is 0.185. The minimum atomic E-state index is 0.265. The maximum absolute atomic E-state index is 8.99. The molecule has 1 N–H and O–H groups in total. The standard InChI is InChI=1S/C12H16INO/c13-11-5-3-10(4-6-11)12-2-1-7-14(12)8-9-15/h3-6,12,15H,1-2,7-9H2/t12-/m0/s1. The van der Waals surface area contributed by atoms with Gasteiger partial charge in [0.1, 0.15) is 0 Å². The van der Waals surface area contributed by atoms with E-state index in [9.17, 15) is 0 Å². The highest BCUT2D eigenvalue weighted by Gasteiger charge is 2.24. The van der Waals surface area contributed by atoms with Gasteiger partial charge in [0.15, 0.2) is 0 Å². The Kier molecular flexibility index (Phi) is 3.99. The number of aliphatic hydroxyl groups is 1. The van der Waals surface area contributed by atoms with Crippen molar-refractivity contribution in [1.29, 1.82) is 0 Å². The second kappa shape index (κ2) is 5.27. The van der Waals surface area contributed by atoms with Crippen molar-refractivity contribution in [1.82, 2.24) is 4.90 Å². The van der Waals surface area contributed by atoms with Crippen LogP contribution in [0.1, 0.15) is 24.4 Å². The van der Waals surface area contributed by atoms with Gasteiger partial charge in [-0.25, -0.2) is 0 Å². The van der Waals surface area contributed by atoms with Crippen molar-refractivity contribution in [2.45, 2.75) is 18.9 Å². The fraction of sp³-hybridized carbons (Fsp3) is 0.500. The minimum absolute atomic E-state index is 0.265. The number of hydrogen-bond acceptors (Lipinski definition) is 2. The molecular formula is C12H16INO. The molecule has 15 heavy (non-hydrogen) atoms. The number of halogens is 1. The fourth-order valence-electron chi connectivity index (χ4n) is 2.28. The molecule has 2 rings (SSSR count). The van der Waals surface area contributed by atoms with Gasteiger partial charge in [0.05, 0.1) is 6.61 Å². The summed E-state index contributed by atoms with van der Waals surface area (Å²) in [5.74, 6) is 0. The number of aliphatic hydroxyl groups excluding tert-OH is 1. The molecule has 1 aliphatic heterocycles. The molecule has 0 aliphatic carbocycles. The van der Waals surface area contributed by atoms with Gasteiger partial charge in [-0.15, -0.1) is 0 Å². The van der Waals surface area contributed by atoms with E-state index in [1.807, 2.05) is 0 Å². The molecule has 0 amide bonds. The van der Waals surface area contributed by atoms with Crippen LogP contribution in [-0.2, 0) is 0 Å². The smallest absolute Gasteiger partial charge is 0.0558 e. The Bertz CT molecular complexity index is 312. The molecule has 1 heterocycles. The van der Waals surface area contributed by atoms with Crippen LogP contribution in [0.15, 0.2) is 24.3 Å². The van der Waals surface area contributed by atoms with E-state index in [0.29, 0.717) is 6.04 Å². The zero-order valence-electron chi connectivity index (χ0n) is 8.69. The Morgan fingerprint density at radius 3 is 2.73 bits per heavy atom. The number of benzene rings is 1. The van der Waals surface area contributed by atoms with Crippen molar-refractivity contribution in [2.75, 3.05) is 19.7 Å². The summed E-state index contributed by atoms with van der Waals surface area (Å²) in [6, 6.07) is 9.26. The summed E-state index contributed by atoms with van der Waals surface area (Å²) < 4.78 is 1.28. The van der Waals surface area contributed by atoms with Gasteiger partial charge in [-0.3, -0.25) is 4.90 Å². The molecule has 0 spiro atoms. The van der Waals surface area contributed by atoms with Gasteiger partial charge in [-0.05, 0) is 59.7 Å². The molecule has 0 bridgehead atoms. The van der Waals surface area contributed by atoms with Crippen molar-refractivity contribution in [2.24, 2.45) is 0 Å². The van der Waals surface area contributed by atoms with E-state index in [4.69, 9.17) is 5.11 Å². The van der Waals surface area contributed by atoms with Crippen molar-refractivity contribution in [3.63, 3.8) is 0 Å². The number of hydrogen-bond donors (Lipinski definition) is 1. The average Bonchev–Trinajstić information content (AvgIpc) is 2.68. The lowest BCUT2D eigenvalue weighted by atomic mass is 10.0. The van der Waals surface area contributed by atoms with Crippen LogP contribution in [0.3, 0.4) is 0 Å². The normalized spacial score (nSPS) is 22.1. The summed E-state index contributed by atoms with van der Waals surface area (Å²) in [4.78, 5) is 2.38. The SMILES string of the molecule is OCCN1CCC[C@H]1c1ccc(I)cc1. The van der Waals surface area contributed by atoms with E-state index in [1.54, 1.807) is 0 Å². The molecule has 82 valence electrons. The third-order valence-electron chi connectivity index (χ3n) is 3.01. The first-order valence-corrected chi connectivity index (χ1v) is 6.49. The van der Waals surface area contributed by atoms with E-state index in [2.05, 4.69) is 51.8 Å². The molecular weight excluding hydrogens is 301 g/mol. The van der Waals surface area contributed by atoms with Crippen LogP contribution < -0.4 is 0 Å². The quantitative estimate of drug-likeness (QED) is 0.866. The van der Waals surface area contributed by atoms with Gasteiger partial charge in [0.25, 0.3) is 0 Å². The maximum Gasteiger partial charge on any atom is 0.0558 e. The molecule has 1 aromatic rings. The predicted octanol–water partition coefficient (Wildman–Crippen LogP) is 2.42. The molecule has 1 atom stereocenters. The fourth-order valence-corrected chi connectivity index (χ4v) is 2.64. The highest BCUT2D eigenvalue weighted by atomic mass is 127. The number of rotatable bonds is 3. The summed E-state index contributed by atoms with van der Waals surface area (Å²) in [5.41, 5.74) is 1.39. The lowest BCUT2D eigenvalue weighted by Crippen LogP contribution is -2.26. The molecule has 0 radical (unpaired) electrons. The Labute approximate surface area is 104 Å². The Balaban J connectivity index is 2.11. The lowest BCUT2D eigenvalue weighted by Gasteiger charge is -2.23. The monoisotopic (exact) mass is 317 g/mol. The number of likely N-dealkylation sites (tertiary alicyclic amines) is 1. The first-order chi connectivity index (χ1) is 7.31. The highest BCUT2D eigenvalue weighted by Crippen LogP contribution is 2.31. The first kappa shape index (κ1) is 11.4. The summed E-state index contributed by atoms with van der Waals surface area (Å²) in [6.45, 7) is 2.19. The van der Waals surface area contributed by atoms with E-state index >= 15 is 0 Å². The molecule has 0 unspecified atom stereocenters. The highest BCUT2D eigenvalue weighted by molar-refractivity contribution is 14.1. The van der Waals surface area contributed by atoms with Crippen LogP contribution in [-0.4, -0.2) is 29.7 Å². The van der Waals surface area contributed by atoms with E-state index in [0.717, 1.165) is 13.1 Å². The summed E-state index contributed by atoms with van der Waals surface area (Å²) in [6.07, 6.45) is 2.47. The van der Waals surface area contributed by atoms with Gasteiger partial charge in [0, 0.05) is 16.2 Å². The molecule has 1 fully saturated rings. The number of β-amino-alcohol motifs (C(OH)–C–C–N with tert-alkyl or cyclic N) is 1. The minimum Gasteiger partial charge on any atom is -0.395 e. The van der Waals surface area contributed by atoms with Crippen LogP contribution in [0.25, 0.3) is 0 Å². The van der Waals surface area contributed by atoms with Crippen LogP contribution in [0.2, 0.25) is 0 Å². The van der Waals surface area contributed by atoms with Crippen molar-refractivity contribution in [3.8, 4) is 0 Å². The van der Waals surface area contributed by atoms with Gasteiger partial charge in [0.2, 0.25) is 0 Å². The van der Waals surface area contributed by atoms with Gasteiger partial charge < -0.3 is 5.11 Å². The second-order valence-corrected chi connectivity index (χ2v) is 5.21. The van der Waals surface area contributed by atoms with Crippen molar-refractivity contribution in [3.05, 3.63) is 33.4 Å². The molecule has 1 saturated heterocycles. The molecule has 1 aliphatic rings. The van der Waals surface area contributed by atoms with Crippen LogP contribution in [0, 0.1) is 3.57 Å².